The van der Waals surface area contributed by atoms with E-state index < -0.39 is 23.9 Å². The fourth-order valence-corrected chi connectivity index (χ4v) is 1.75. The van der Waals surface area contributed by atoms with Crippen molar-refractivity contribution in [3.63, 3.8) is 0 Å². The Morgan fingerprint density at radius 1 is 1.19 bits per heavy atom. The summed E-state index contributed by atoms with van der Waals surface area (Å²) in [6.45, 7) is 0. The lowest BCUT2D eigenvalue weighted by Gasteiger charge is -2.13. The number of amides is 1. The highest BCUT2D eigenvalue weighted by Crippen LogP contribution is 2.11. The number of benzene rings is 1. The first kappa shape index (κ1) is 14.4. The Hall–Kier alpha value is -2.97. The number of carboxylic acid groups (broad SMARTS) is 2. The van der Waals surface area contributed by atoms with Crippen molar-refractivity contribution in [2.75, 3.05) is 0 Å². The van der Waals surface area contributed by atoms with E-state index in [0.717, 1.165) is 0 Å². The zero-order valence-corrected chi connectivity index (χ0v) is 10.7. The smallest absolute Gasteiger partial charge is 0.326 e. The van der Waals surface area contributed by atoms with Gasteiger partial charge in [0.2, 0.25) is 0 Å². The number of carbonyl (C=O) groups is 3. The van der Waals surface area contributed by atoms with E-state index in [1.807, 2.05) is 0 Å². The molecule has 0 aliphatic heterocycles. The molecule has 0 spiro atoms. The zero-order chi connectivity index (χ0) is 15.4. The summed E-state index contributed by atoms with van der Waals surface area (Å²) in [6, 6.07) is 3.25. The Balaban J connectivity index is 2.10. The van der Waals surface area contributed by atoms with Crippen LogP contribution in [0.2, 0.25) is 0 Å². The van der Waals surface area contributed by atoms with E-state index in [-0.39, 0.29) is 18.4 Å². The second-order valence-corrected chi connectivity index (χ2v) is 4.32. The number of carboxylic acids is 2. The Labute approximate surface area is 118 Å². The van der Waals surface area contributed by atoms with E-state index in [1.165, 1.54) is 12.1 Å². The summed E-state index contributed by atoms with van der Waals surface area (Å²) in [5, 5.41) is 29.9. The minimum absolute atomic E-state index is 0.192. The number of hydrogen-bond acceptors (Lipinski definition) is 5. The van der Waals surface area contributed by atoms with Gasteiger partial charge in [-0.2, -0.15) is 15.4 Å². The molecular weight excluding hydrogens is 280 g/mol. The highest BCUT2D eigenvalue weighted by atomic mass is 16.4. The van der Waals surface area contributed by atoms with Crippen LogP contribution < -0.4 is 5.32 Å². The molecule has 0 aliphatic rings. The van der Waals surface area contributed by atoms with Crippen molar-refractivity contribution < 1.29 is 24.6 Å². The fourth-order valence-electron chi connectivity index (χ4n) is 1.75. The van der Waals surface area contributed by atoms with Crippen molar-refractivity contribution in [1.82, 2.24) is 20.7 Å². The van der Waals surface area contributed by atoms with Gasteiger partial charge >= 0.3 is 11.9 Å². The highest BCUT2D eigenvalue weighted by molar-refractivity contribution is 5.99. The summed E-state index contributed by atoms with van der Waals surface area (Å²) >= 11 is 0. The SMILES string of the molecule is O=C(O)CCC(NC(=O)c1ccc2n[nH]nc2c1)C(=O)O. The van der Waals surface area contributed by atoms with Gasteiger partial charge < -0.3 is 15.5 Å². The van der Waals surface area contributed by atoms with Crippen LogP contribution in [0, 0.1) is 0 Å². The first-order chi connectivity index (χ1) is 9.97. The number of fused-ring (bicyclic) bond motifs is 1. The molecule has 1 aromatic heterocycles. The third kappa shape index (κ3) is 3.53. The van der Waals surface area contributed by atoms with E-state index in [2.05, 4.69) is 20.7 Å². The van der Waals surface area contributed by atoms with Crippen LogP contribution >= 0.6 is 0 Å². The maximum atomic E-state index is 12.0. The number of nitrogens with zero attached hydrogens (tertiary/aromatic N) is 2. The maximum absolute atomic E-state index is 12.0. The minimum atomic E-state index is -1.29. The van der Waals surface area contributed by atoms with Crippen LogP contribution in [0.25, 0.3) is 11.0 Å². The summed E-state index contributed by atoms with van der Waals surface area (Å²) in [6.07, 6.45) is -0.540. The van der Waals surface area contributed by atoms with Gasteiger partial charge in [0, 0.05) is 12.0 Å². The Bertz CT molecular complexity index is 696. The topological polar surface area (TPSA) is 145 Å². The van der Waals surface area contributed by atoms with Gasteiger partial charge in [-0.25, -0.2) is 4.79 Å². The molecule has 0 bridgehead atoms. The quantitative estimate of drug-likeness (QED) is 0.586. The van der Waals surface area contributed by atoms with Crippen molar-refractivity contribution in [3.8, 4) is 0 Å². The molecule has 1 atom stereocenters. The standard InChI is InChI=1S/C12H12N4O5/c17-10(18)4-3-8(12(20)21)13-11(19)6-1-2-7-9(5-6)15-16-14-7/h1-2,5,8H,3-4H2,(H,13,19)(H,17,18)(H,20,21)(H,14,15,16). The molecule has 0 radical (unpaired) electrons. The lowest BCUT2D eigenvalue weighted by Crippen LogP contribution is -2.41. The number of carbonyl (C=O) groups excluding carboxylic acids is 1. The van der Waals surface area contributed by atoms with Crippen LogP contribution in [0.15, 0.2) is 18.2 Å². The van der Waals surface area contributed by atoms with Crippen LogP contribution in [0.1, 0.15) is 23.2 Å². The second-order valence-electron chi connectivity index (χ2n) is 4.32. The maximum Gasteiger partial charge on any atom is 0.326 e. The van der Waals surface area contributed by atoms with Crippen molar-refractivity contribution in [2.24, 2.45) is 0 Å². The number of aromatic amines is 1. The zero-order valence-electron chi connectivity index (χ0n) is 10.7. The Kier molecular flexibility index (Phi) is 4.12. The number of aliphatic carboxylic acids is 2. The molecule has 0 fully saturated rings. The molecule has 4 N–H and O–H groups in total. The van der Waals surface area contributed by atoms with E-state index in [4.69, 9.17) is 10.2 Å². The first-order valence-electron chi connectivity index (χ1n) is 6.03. The van der Waals surface area contributed by atoms with Crippen LogP contribution in [0.4, 0.5) is 0 Å². The summed E-state index contributed by atoms with van der Waals surface area (Å²) in [5.41, 5.74) is 1.27. The molecule has 1 heterocycles. The summed E-state index contributed by atoms with van der Waals surface area (Å²) in [5.74, 6) is -3.02. The molecule has 110 valence electrons. The van der Waals surface area contributed by atoms with Crippen LogP contribution in [-0.2, 0) is 9.59 Å². The van der Waals surface area contributed by atoms with Gasteiger partial charge in [-0.15, -0.1) is 0 Å². The molecule has 2 rings (SSSR count). The summed E-state index contributed by atoms with van der Waals surface area (Å²) in [7, 11) is 0. The van der Waals surface area contributed by atoms with E-state index in [1.54, 1.807) is 6.07 Å². The van der Waals surface area contributed by atoms with E-state index in [0.29, 0.717) is 11.0 Å². The van der Waals surface area contributed by atoms with E-state index >= 15 is 0 Å². The van der Waals surface area contributed by atoms with Crippen LogP contribution in [0.5, 0.6) is 0 Å². The molecule has 1 amide bonds. The van der Waals surface area contributed by atoms with Crippen molar-refractivity contribution >= 4 is 28.9 Å². The van der Waals surface area contributed by atoms with Crippen LogP contribution in [0.3, 0.4) is 0 Å². The van der Waals surface area contributed by atoms with Crippen molar-refractivity contribution in [2.45, 2.75) is 18.9 Å². The molecule has 9 nitrogen and oxygen atoms in total. The molecule has 0 aliphatic carbocycles. The number of rotatable bonds is 6. The van der Waals surface area contributed by atoms with Gasteiger partial charge in [0.05, 0.1) is 0 Å². The Morgan fingerprint density at radius 2 is 1.90 bits per heavy atom. The number of aromatic nitrogens is 3. The lowest BCUT2D eigenvalue weighted by atomic mass is 10.1. The third-order valence-electron chi connectivity index (χ3n) is 2.83. The van der Waals surface area contributed by atoms with Gasteiger partial charge in [0.25, 0.3) is 5.91 Å². The molecule has 1 aromatic carbocycles. The predicted molar refractivity (Wildman–Crippen MR) is 69.6 cm³/mol. The average molecular weight is 292 g/mol. The van der Waals surface area contributed by atoms with Gasteiger partial charge in [0.1, 0.15) is 17.1 Å². The largest absolute Gasteiger partial charge is 0.481 e. The van der Waals surface area contributed by atoms with Gasteiger partial charge in [0.15, 0.2) is 0 Å². The monoisotopic (exact) mass is 292 g/mol. The molecular formula is C12H12N4O5. The fraction of sp³-hybridized carbons (Fsp3) is 0.250. The van der Waals surface area contributed by atoms with Crippen molar-refractivity contribution in [1.29, 1.82) is 0 Å². The molecule has 1 unspecified atom stereocenters. The normalized spacial score (nSPS) is 12.0. The predicted octanol–water partition coefficient (Wildman–Crippen LogP) is 0.00570. The minimum Gasteiger partial charge on any atom is -0.481 e. The number of hydrogen-bond donors (Lipinski definition) is 4. The summed E-state index contributed by atoms with van der Waals surface area (Å²) < 4.78 is 0. The molecule has 9 heteroatoms. The lowest BCUT2D eigenvalue weighted by molar-refractivity contribution is -0.140. The van der Waals surface area contributed by atoms with E-state index in [9.17, 15) is 14.4 Å². The number of nitrogens with one attached hydrogen (secondary N) is 2. The molecule has 2 aromatic rings. The number of H-pyrrole nitrogens is 1. The van der Waals surface area contributed by atoms with Gasteiger partial charge in [-0.05, 0) is 24.6 Å². The Morgan fingerprint density at radius 3 is 2.57 bits per heavy atom. The molecule has 21 heavy (non-hydrogen) atoms. The highest BCUT2D eigenvalue weighted by Gasteiger charge is 2.21. The molecule has 0 saturated heterocycles. The molecule has 0 saturated carbocycles. The summed E-state index contributed by atoms with van der Waals surface area (Å²) in [4.78, 5) is 33.5. The van der Waals surface area contributed by atoms with Gasteiger partial charge in [-0.3, -0.25) is 9.59 Å². The third-order valence-corrected chi connectivity index (χ3v) is 2.83. The van der Waals surface area contributed by atoms with Crippen molar-refractivity contribution in [3.05, 3.63) is 23.8 Å². The average Bonchev–Trinajstić information content (AvgIpc) is 2.89. The van der Waals surface area contributed by atoms with Gasteiger partial charge in [-0.1, -0.05) is 0 Å². The second kappa shape index (κ2) is 5.99. The van der Waals surface area contributed by atoms with Crippen LogP contribution in [-0.4, -0.2) is 49.5 Å². The first-order valence-corrected chi connectivity index (χ1v) is 6.03.